The van der Waals surface area contributed by atoms with Crippen LogP contribution in [0.3, 0.4) is 0 Å². The molecule has 0 saturated carbocycles. The lowest BCUT2D eigenvalue weighted by atomic mass is 9.92. The van der Waals surface area contributed by atoms with Gasteiger partial charge in [-0.15, -0.1) is 0 Å². The van der Waals surface area contributed by atoms with Gasteiger partial charge in [0.25, 0.3) is 0 Å². The van der Waals surface area contributed by atoms with Crippen molar-refractivity contribution in [2.24, 2.45) is 0 Å². The minimum absolute atomic E-state index is 0.0754. The Labute approximate surface area is 198 Å². The van der Waals surface area contributed by atoms with Crippen LogP contribution in [0.2, 0.25) is 0 Å². The van der Waals surface area contributed by atoms with Crippen LogP contribution in [0, 0.1) is 0 Å². The normalized spacial score (nSPS) is 10.8. The van der Waals surface area contributed by atoms with E-state index in [1.165, 1.54) is 0 Å². The number of hydrogen-bond donors (Lipinski definition) is 0. The van der Waals surface area contributed by atoms with Gasteiger partial charge in [-0.05, 0) is 5.56 Å². The second-order valence-corrected chi connectivity index (χ2v) is 7.51. The SMILES string of the molecule is O=C(CC(=O)c1ccccc1)c1ccccc1.O=CC(C(=O)c1ccccc1)c1ccccc1. The molecule has 1 atom stereocenters. The maximum absolute atomic E-state index is 12.1. The average Bonchev–Trinajstić information content (AvgIpc) is 2.91. The van der Waals surface area contributed by atoms with Crippen LogP contribution in [0.4, 0.5) is 0 Å². The number of carbonyl (C=O) groups is 4. The van der Waals surface area contributed by atoms with Crippen molar-refractivity contribution in [1.29, 1.82) is 0 Å². The van der Waals surface area contributed by atoms with E-state index in [-0.39, 0.29) is 23.8 Å². The largest absolute Gasteiger partial charge is 0.302 e. The third kappa shape index (κ3) is 6.78. The van der Waals surface area contributed by atoms with Crippen LogP contribution >= 0.6 is 0 Å². The highest BCUT2D eigenvalue weighted by Gasteiger charge is 2.20. The third-order valence-corrected chi connectivity index (χ3v) is 5.15. The summed E-state index contributed by atoms with van der Waals surface area (Å²) < 4.78 is 0. The van der Waals surface area contributed by atoms with Crippen LogP contribution in [0.15, 0.2) is 121 Å². The van der Waals surface area contributed by atoms with Crippen LogP contribution in [-0.4, -0.2) is 23.6 Å². The Morgan fingerprint density at radius 3 is 1.26 bits per heavy atom. The van der Waals surface area contributed by atoms with Crippen LogP contribution in [-0.2, 0) is 4.79 Å². The van der Waals surface area contributed by atoms with Gasteiger partial charge in [0.2, 0.25) is 0 Å². The zero-order valence-corrected chi connectivity index (χ0v) is 18.5. The molecule has 0 aliphatic carbocycles. The summed E-state index contributed by atoms with van der Waals surface area (Å²) in [4.78, 5) is 46.9. The van der Waals surface area contributed by atoms with Crippen molar-refractivity contribution in [2.45, 2.75) is 12.3 Å². The van der Waals surface area contributed by atoms with E-state index in [9.17, 15) is 19.2 Å². The molecule has 0 saturated heterocycles. The molecule has 0 aromatic heterocycles. The van der Waals surface area contributed by atoms with Crippen LogP contribution in [0.1, 0.15) is 49.0 Å². The molecule has 168 valence electrons. The molecule has 0 amide bonds. The minimum Gasteiger partial charge on any atom is -0.302 e. The first-order chi connectivity index (χ1) is 16.6. The van der Waals surface area contributed by atoms with E-state index >= 15 is 0 Å². The highest BCUT2D eigenvalue weighted by Crippen LogP contribution is 2.18. The molecule has 34 heavy (non-hydrogen) atoms. The molecule has 4 nitrogen and oxygen atoms in total. The molecule has 4 rings (SSSR count). The highest BCUT2D eigenvalue weighted by molar-refractivity contribution is 6.13. The fourth-order valence-corrected chi connectivity index (χ4v) is 3.33. The molecule has 0 fully saturated rings. The lowest BCUT2D eigenvalue weighted by Gasteiger charge is -2.09. The number of rotatable bonds is 8. The molecule has 0 bridgehead atoms. The van der Waals surface area contributed by atoms with Crippen LogP contribution < -0.4 is 0 Å². The Morgan fingerprint density at radius 2 is 0.882 bits per heavy atom. The third-order valence-electron chi connectivity index (χ3n) is 5.15. The number of aldehydes is 1. The maximum Gasteiger partial charge on any atom is 0.177 e. The van der Waals surface area contributed by atoms with Crippen molar-refractivity contribution < 1.29 is 19.2 Å². The fourth-order valence-electron chi connectivity index (χ4n) is 3.33. The van der Waals surface area contributed by atoms with Crippen LogP contribution in [0.5, 0.6) is 0 Å². The summed E-state index contributed by atoms with van der Waals surface area (Å²) in [6, 6.07) is 35.7. The molecule has 4 aromatic carbocycles. The van der Waals surface area contributed by atoms with Crippen molar-refractivity contribution in [3.05, 3.63) is 144 Å². The second kappa shape index (κ2) is 12.6. The maximum atomic E-state index is 12.1. The van der Waals surface area contributed by atoms with Crippen molar-refractivity contribution in [3.63, 3.8) is 0 Å². The van der Waals surface area contributed by atoms with E-state index < -0.39 is 5.92 Å². The quantitative estimate of drug-likeness (QED) is 0.188. The van der Waals surface area contributed by atoms with Crippen molar-refractivity contribution in [3.8, 4) is 0 Å². The number of hydrogen-bond acceptors (Lipinski definition) is 4. The molecule has 0 aliphatic rings. The molecule has 1 unspecified atom stereocenters. The van der Waals surface area contributed by atoms with Gasteiger partial charge in [-0.25, -0.2) is 0 Å². The first-order valence-corrected chi connectivity index (χ1v) is 10.9. The van der Waals surface area contributed by atoms with Gasteiger partial charge in [0.1, 0.15) is 12.2 Å². The van der Waals surface area contributed by atoms with Crippen molar-refractivity contribution in [1.82, 2.24) is 0 Å². The molecule has 0 radical (unpaired) electrons. The number of Topliss-reactive ketones (excluding diaryl/α,β-unsaturated/α-hetero) is 3. The lowest BCUT2D eigenvalue weighted by molar-refractivity contribution is -0.108. The van der Waals surface area contributed by atoms with E-state index in [2.05, 4.69) is 0 Å². The average molecular weight is 449 g/mol. The number of carbonyl (C=O) groups excluding carboxylic acids is 4. The second-order valence-electron chi connectivity index (χ2n) is 7.51. The Kier molecular flexibility index (Phi) is 8.94. The first kappa shape index (κ1) is 24.2. The summed E-state index contributed by atoms with van der Waals surface area (Å²) >= 11 is 0. The van der Waals surface area contributed by atoms with Crippen molar-refractivity contribution in [2.75, 3.05) is 0 Å². The van der Waals surface area contributed by atoms with Gasteiger partial charge < -0.3 is 4.79 Å². The van der Waals surface area contributed by atoms with E-state index in [1.807, 2.05) is 36.4 Å². The topological polar surface area (TPSA) is 68.3 Å². The van der Waals surface area contributed by atoms with Crippen LogP contribution in [0.25, 0.3) is 0 Å². The molecule has 0 heterocycles. The number of benzene rings is 4. The van der Waals surface area contributed by atoms with E-state index in [1.54, 1.807) is 84.9 Å². The molecular formula is C30H24O4. The summed E-state index contributed by atoms with van der Waals surface area (Å²) in [5.41, 5.74) is 2.46. The highest BCUT2D eigenvalue weighted by atomic mass is 16.2. The van der Waals surface area contributed by atoms with Gasteiger partial charge >= 0.3 is 0 Å². The Hall–Kier alpha value is -4.44. The molecule has 4 heteroatoms. The van der Waals surface area contributed by atoms with E-state index in [0.29, 0.717) is 23.0 Å². The molecule has 4 aromatic rings. The van der Waals surface area contributed by atoms with Gasteiger partial charge in [0.15, 0.2) is 17.3 Å². The van der Waals surface area contributed by atoms with Gasteiger partial charge in [-0.2, -0.15) is 0 Å². The van der Waals surface area contributed by atoms with Gasteiger partial charge in [0.05, 0.1) is 6.42 Å². The summed E-state index contributed by atoms with van der Waals surface area (Å²) in [6.07, 6.45) is 0.624. The molecule has 0 N–H and O–H groups in total. The summed E-state index contributed by atoms with van der Waals surface area (Å²) in [5, 5.41) is 0. The van der Waals surface area contributed by atoms with Gasteiger partial charge in [0, 0.05) is 16.7 Å². The summed E-state index contributed by atoms with van der Waals surface area (Å²) in [6.45, 7) is 0. The molecular weight excluding hydrogens is 424 g/mol. The predicted molar refractivity (Wildman–Crippen MR) is 132 cm³/mol. The molecule has 0 aliphatic heterocycles. The standard InChI is InChI=1S/2C15H12O2/c16-11-14(12-7-3-1-4-8-12)15(17)13-9-5-2-6-10-13;16-14(12-7-3-1-4-8-12)11-15(17)13-9-5-2-6-10-13/h1-11,14H;1-10H,11H2. The zero-order valence-electron chi connectivity index (χ0n) is 18.5. The lowest BCUT2D eigenvalue weighted by Crippen LogP contribution is -2.14. The first-order valence-electron chi connectivity index (χ1n) is 10.9. The monoisotopic (exact) mass is 448 g/mol. The van der Waals surface area contributed by atoms with Gasteiger partial charge in [-0.1, -0.05) is 121 Å². The smallest absolute Gasteiger partial charge is 0.177 e. The molecule has 0 spiro atoms. The predicted octanol–water partition coefficient (Wildman–Crippen LogP) is 5.99. The van der Waals surface area contributed by atoms with Gasteiger partial charge in [-0.3, -0.25) is 14.4 Å². The fraction of sp³-hybridized carbons (Fsp3) is 0.0667. The minimum atomic E-state index is -0.710. The Balaban J connectivity index is 0.000000191. The van der Waals surface area contributed by atoms with Crippen molar-refractivity contribution >= 4 is 23.6 Å². The van der Waals surface area contributed by atoms with E-state index in [4.69, 9.17) is 0 Å². The van der Waals surface area contributed by atoms with E-state index in [0.717, 1.165) is 5.56 Å². The summed E-state index contributed by atoms with van der Waals surface area (Å²) in [5.74, 6) is -1.15. The summed E-state index contributed by atoms with van der Waals surface area (Å²) in [7, 11) is 0. The Morgan fingerprint density at radius 1 is 0.529 bits per heavy atom. The number of ketones is 3. The zero-order chi connectivity index (χ0) is 24.2. The Bertz CT molecular complexity index is 1170.